The van der Waals surface area contributed by atoms with Gasteiger partial charge in [0.15, 0.2) is 0 Å². The Hall–Kier alpha value is -2.11. The van der Waals surface area contributed by atoms with E-state index >= 15 is 0 Å². The third kappa shape index (κ3) is 3.46. The molecule has 106 valence electrons. The highest BCUT2D eigenvalue weighted by atomic mass is 19.4. The van der Waals surface area contributed by atoms with E-state index in [0.717, 1.165) is 30.3 Å². The molecule has 0 amide bonds. The lowest BCUT2D eigenvalue weighted by molar-refractivity contribution is -0.137. The summed E-state index contributed by atoms with van der Waals surface area (Å²) in [6, 6.07) is 7.34. The van der Waals surface area contributed by atoms with Crippen molar-refractivity contribution in [3.8, 4) is 0 Å². The summed E-state index contributed by atoms with van der Waals surface area (Å²) >= 11 is 0. The number of nitrogens with one attached hydrogen (secondary N) is 1. The van der Waals surface area contributed by atoms with Crippen LogP contribution in [0.2, 0.25) is 0 Å². The average molecular weight is 287 g/mol. The van der Waals surface area contributed by atoms with Crippen molar-refractivity contribution in [2.75, 3.05) is 5.32 Å². The predicted molar refractivity (Wildman–Crippen MR) is 65.1 cm³/mol. The lowest BCUT2D eigenvalue weighted by Gasteiger charge is -2.10. The first-order chi connectivity index (χ1) is 9.36. The molecule has 0 bridgehead atoms. The molecular weight excluding hydrogens is 277 g/mol. The zero-order valence-corrected chi connectivity index (χ0v) is 10.1. The van der Waals surface area contributed by atoms with Gasteiger partial charge in [0.25, 0.3) is 0 Å². The van der Waals surface area contributed by atoms with Crippen LogP contribution in [0.3, 0.4) is 0 Å². The average Bonchev–Trinajstić information content (AvgIpc) is 2.39. The minimum Gasteiger partial charge on any atom is -0.381 e. The number of anilines is 1. The fourth-order valence-corrected chi connectivity index (χ4v) is 1.65. The highest BCUT2D eigenvalue weighted by molar-refractivity contribution is 5.45. The quantitative estimate of drug-likeness (QED) is 0.814. The summed E-state index contributed by atoms with van der Waals surface area (Å²) in [7, 11) is 0. The molecule has 2 aromatic carbocycles. The van der Waals surface area contributed by atoms with Crippen molar-refractivity contribution in [3.63, 3.8) is 0 Å². The van der Waals surface area contributed by atoms with Gasteiger partial charge in [0.2, 0.25) is 0 Å². The zero-order valence-electron chi connectivity index (χ0n) is 10.1. The topological polar surface area (TPSA) is 12.0 Å². The molecule has 1 nitrogen and oxygen atoms in total. The van der Waals surface area contributed by atoms with E-state index in [1.165, 1.54) is 12.1 Å². The molecule has 0 aromatic heterocycles. The number of rotatable bonds is 3. The lowest BCUT2D eigenvalue weighted by atomic mass is 10.1. The summed E-state index contributed by atoms with van der Waals surface area (Å²) in [5, 5.41) is 2.73. The summed E-state index contributed by atoms with van der Waals surface area (Å²) in [5.74, 6) is -1.15. The van der Waals surface area contributed by atoms with E-state index in [1.807, 2.05) is 0 Å². The van der Waals surface area contributed by atoms with Gasteiger partial charge >= 0.3 is 6.18 Å². The van der Waals surface area contributed by atoms with Gasteiger partial charge < -0.3 is 5.32 Å². The predicted octanol–water partition coefficient (Wildman–Crippen LogP) is 4.60. The van der Waals surface area contributed by atoms with Gasteiger partial charge in [-0.1, -0.05) is 0 Å². The number of halogens is 5. The number of alkyl halides is 3. The van der Waals surface area contributed by atoms with Crippen LogP contribution in [0.25, 0.3) is 0 Å². The summed E-state index contributed by atoms with van der Waals surface area (Å²) in [5.41, 5.74) is -0.272. The highest BCUT2D eigenvalue weighted by Crippen LogP contribution is 2.29. The van der Waals surface area contributed by atoms with Gasteiger partial charge in [0.05, 0.1) is 5.56 Å². The number of hydrogen-bond donors (Lipinski definition) is 1. The molecule has 0 saturated heterocycles. The Kier molecular flexibility index (Phi) is 3.92. The van der Waals surface area contributed by atoms with Crippen LogP contribution in [-0.4, -0.2) is 0 Å². The van der Waals surface area contributed by atoms with E-state index in [2.05, 4.69) is 5.32 Å². The molecule has 0 saturated carbocycles. The Labute approximate surface area is 112 Å². The molecule has 6 heteroatoms. The maximum atomic E-state index is 13.3. The molecule has 0 atom stereocenters. The number of benzene rings is 2. The Morgan fingerprint density at radius 1 is 0.900 bits per heavy atom. The van der Waals surface area contributed by atoms with Crippen LogP contribution < -0.4 is 5.32 Å². The molecule has 2 aromatic rings. The Balaban J connectivity index is 2.06. The molecule has 0 aliphatic carbocycles. The van der Waals surface area contributed by atoms with Crippen molar-refractivity contribution >= 4 is 5.69 Å². The van der Waals surface area contributed by atoms with Crippen molar-refractivity contribution < 1.29 is 22.0 Å². The summed E-state index contributed by atoms with van der Waals surface area (Å²) < 4.78 is 63.3. The van der Waals surface area contributed by atoms with Gasteiger partial charge in [-0.25, -0.2) is 8.78 Å². The van der Waals surface area contributed by atoms with Crippen molar-refractivity contribution in [3.05, 3.63) is 65.2 Å². The van der Waals surface area contributed by atoms with Crippen LogP contribution in [0.4, 0.5) is 27.6 Å². The van der Waals surface area contributed by atoms with Gasteiger partial charge in [0, 0.05) is 17.8 Å². The summed E-state index contributed by atoms with van der Waals surface area (Å²) in [4.78, 5) is 0. The number of hydrogen-bond acceptors (Lipinski definition) is 1. The first-order valence-corrected chi connectivity index (χ1v) is 5.71. The third-order valence-corrected chi connectivity index (χ3v) is 2.70. The smallest absolute Gasteiger partial charge is 0.381 e. The van der Waals surface area contributed by atoms with Crippen LogP contribution in [0.1, 0.15) is 11.1 Å². The van der Waals surface area contributed by atoms with Crippen LogP contribution >= 0.6 is 0 Å². The second kappa shape index (κ2) is 5.48. The van der Waals surface area contributed by atoms with Gasteiger partial charge in [-0.3, -0.25) is 0 Å². The maximum absolute atomic E-state index is 13.3. The standard InChI is InChI=1S/C14H10F5N/c15-11-3-6-13(16)9(7-11)8-20-12-4-1-10(2-5-12)14(17,18)19/h1-7,20H,8H2. The first kappa shape index (κ1) is 14.3. The third-order valence-electron chi connectivity index (χ3n) is 2.70. The molecule has 0 fully saturated rings. The van der Waals surface area contributed by atoms with Crippen LogP contribution in [0.5, 0.6) is 0 Å². The van der Waals surface area contributed by atoms with E-state index in [0.29, 0.717) is 5.69 Å². The fourth-order valence-electron chi connectivity index (χ4n) is 1.65. The second-order valence-electron chi connectivity index (χ2n) is 4.16. The zero-order chi connectivity index (χ0) is 14.8. The van der Waals surface area contributed by atoms with Crippen molar-refractivity contribution in [2.45, 2.75) is 12.7 Å². The summed E-state index contributed by atoms with van der Waals surface area (Å²) in [6.45, 7) is -0.0189. The largest absolute Gasteiger partial charge is 0.416 e. The first-order valence-electron chi connectivity index (χ1n) is 5.71. The normalized spacial score (nSPS) is 11.4. The van der Waals surface area contributed by atoms with E-state index in [4.69, 9.17) is 0 Å². The van der Waals surface area contributed by atoms with Crippen molar-refractivity contribution in [1.82, 2.24) is 0 Å². The van der Waals surface area contributed by atoms with Crippen LogP contribution in [0.15, 0.2) is 42.5 Å². The van der Waals surface area contributed by atoms with E-state index in [-0.39, 0.29) is 12.1 Å². The van der Waals surface area contributed by atoms with E-state index < -0.39 is 23.4 Å². The van der Waals surface area contributed by atoms with Gasteiger partial charge in [-0.15, -0.1) is 0 Å². The monoisotopic (exact) mass is 287 g/mol. The molecule has 0 heterocycles. The maximum Gasteiger partial charge on any atom is 0.416 e. The molecule has 0 spiro atoms. The van der Waals surface area contributed by atoms with Crippen LogP contribution in [0, 0.1) is 11.6 Å². The molecule has 1 N–H and O–H groups in total. The molecule has 20 heavy (non-hydrogen) atoms. The molecule has 0 aliphatic heterocycles. The molecular formula is C14H10F5N. The minimum absolute atomic E-state index is 0.0189. The molecule has 2 rings (SSSR count). The minimum atomic E-state index is -4.40. The SMILES string of the molecule is Fc1ccc(F)c(CNc2ccc(C(F)(F)F)cc2)c1. The fraction of sp³-hybridized carbons (Fsp3) is 0.143. The molecule has 0 aliphatic rings. The van der Waals surface area contributed by atoms with Crippen LogP contribution in [-0.2, 0) is 12.7 Å². The van der Waals surface area contributed by atoms with Gasteiger partial charge in [-0.2, -0.15) is 13.2 Å². The lowest BCUT2D eigenvalue weighted by Crippen LogP contribution is -2.06. The van der Waals surface area contributed by atoms with Gasteiger partial charge in [0.1, 0.15) is 11.6 Å². The second-order valence-corrected chi connectivity index (χ2v) is 4.16. The van der Waals surface area contributed by atoms with E-state index in [9.17, 15) is 22.0 Å². The van der Waals surface area contributed by atoms with E-state index in [1.54, 1.807) is 0 Å². The van der Waals surface area contributed by atoms with Gasteiger partial charge in [-0.05, 0) is 42.5 Å². The highest BCUT2D eigenvalue weighted by Gasteiger charge is 2.29. The summed E-state index contributed by atoms with van der Waals surface area (Å²) in [6.07, 6.45) is -4.40. The molecule has 0 unspecified atom stereocenters. The Bertz CT molecular complexity index is 590. The molecule has 0 radical (unpaired) electrons. The van der Waals surface area contributed by atoms with Crippen molar-refractivity contribution in [2.24, 2.45) is 0 Å². The Morgan fingerprint density at radius 3 is 2.15 bits per heavy atom. The van der Waals surface area contributed by atoms with Crippen molar-refractivity contribution in [1.29, 1.82) is 0 Å². The Morgan fingerprint density at radius 2 is 1.55 bits per heavy atom.